The third-order valence-electron chi connectivity index (χ3n) is 4.47. The van der Waals surface area contributed by atoms with Gasteiger partial charge in [-0.3, -0.25) is 14.6 Å². The first-order valence-corrected chi connectivity index (χ1v) is 9.51. The summed E-state index contributed by atoms with van der Waals surface area (Å²) in [5, 5.41) is 2.66. The number of carbonyl (C=O) groups is 2. The fourth-order valence-electron chi connectivity index (χ4n) is 2.89. The Labute approximate surface area is 182 Å². The van der Waals surface area contributed by atoms with Crippen molar-refractivity contribution in [3.05, 3.63) is 78.0 Å². The van der Waals surface area contributed by atoms with Crippen molar-refractivity contribution in [2.45, 2.75) is 6.92 Å². The molecule has 1 N–H and O–H groups in total. The van der Waals surface area contributed by atoms with Gasteiger partial charge in [0.05, 0.1) is 30.0 Å². The van der Waals surface area contributed by atoms with E-state index >= 15 is 0 Å². The Kier molecular flexibility index (Phi) is 5.71. The second-order valence-corrected chi connectivity index (χ2v) is 6.71. The molecule has 32 heavy (non-hydrogen) atoms. The molecule has 4 aromatic rings. The summed E-state index contributed by atoms with van der Waals surface area (Å²) >= 11 is 0. The van der Waals surface area contributed by atoms with E-state index in [0.717, 1.165) is 6.07 Å². The molecule has 0 aliphatic carbocycles. The maximum atomic E-state index is 14.1. The van der Waals surface area contributed by atoms with Crippen LogP contribution >= 0.6 is 0 Å². The van der Waals surface area contributed by atoms with Gasteiger partial charge in [0.2, 0.25) is 0 Å². The minimum atomic E-state index is -0.624. The number of aromatic nitrogens is 3. The van der Waals surface area contributed by atoms with E-state index in [1.54, 1.807) is 30.3 Å². The lowest BCUT2D eigenvalue weighted by Gasteiger charge is -2.12. The zero-order chi connectivity index (χ0) is 22.7. The lowest BCUT2D eigenvalue weighted by atomic mass is 10.2. The van der Waals surface area contributed by atoms with Gasteiger partial charge in [-0.25, -0.2) is 14.4 Å². The molecule has 0 unspecified atom stereocenters. The highest BCUT2D eigenvalue weighted by Crippen LogP contribution is 2.29. The molecule has 2 aromatic carbocycles. The molecule has 1 amide bonds. The number of nitrogens with zero attached hydrogens (tertiary/aromatic N) is 3. The van der Waals surface area contributed by atoms with Crippen molar-refractivity contribution >= 4 is 28.4 Å². The Bertz CT molecular complexity index is 1330. The number of Topliss-reactive ketones (excluding diaryl/α,β-unsaturated/α-hetero) is 1. The third kappa shape index (κ3) is 4.36. The van der Waals surface area contributed by atoms with E-state index in [1.165, 1.54) is 38.4 Å². The summed E-state index contributed by atoms with van der Waals surface area (Å²) in [5.41, 5.74) is 1.52. The highest BCUT2D eigenvalue weighted by Gasteiger charge is 2.20. The van der Waals surface area contributed by atoms with E-state index in [-0.39, 0.29) is 34.6 Å². The summed E-state index contributed by atoms with van der Waals surface area (Å²) in [6.07, 6.45) is 1.36. The Balaban J connectivity index is 1.69. The Hall–Kier alpha value is -4.40. The number of nitrogens with one attached hydrogen (secondary N) is 1. The van der Waals surface area contributed by atoms with E-state index in [1.807, 2.05) is 0 Å². The number of pyridine rings is 1. The molecule has 0 saturated heterocycles. The van der Waals surface area contributed by atoms with Crippen molar-refractivity contribution in [1.29, 1.82) is 0 Å². The van der Waals surface area contributed by atoms with Crippen LogP contribution in [-0.2, 0) is 0 Å². The molecule has 8 nitrogen and oxygen atoms in total. The number of fused-ring (bicyclic) bond motifs is 1. The number of hydrogen-bond acceptors (Lipinski definition) is 7. The summed E-state index contributed by atoms with van der Waals surface area (Å²) in [5.74, 6) is -1.34. The van der Waals surface area contributed by atoms with Gasteiger partial charge in [-0.2, -0.15) is 0 Å². The summed E-state index contributed by atoms with van der Waals surface area (Å²) in [6.45, 7) is 1.40. The van der Waals surface area contributed by atoms with Crippen LogP contribution in [0.25, 0.3) is 11.0 Å². The first kappa shape index (κ1) is 20.9. The zero-order valence-corrected chi connectivity index (χ0v) is 17.1. The first-order valence-electron chi connectivity index (χ1n) is 9.51. The Morgan fingerprint density at radius 1 is 1.00 bits per heavy atom. The van der Waals surface area contributed by atoms with Crippen LogP contribution in [0.5, 0.6) is 17.4 Å². The van der Waals surface area contributed by atoms with Crippen LogP contribution in [-0.4, -0.2) is 33.8 Å². The molecule has 0 radical (unpaired) electrons. The van der Waals surface area contributed by atoms with Crippen molar-refractivity contribution in [3.8, 4) is 17.4 Å². The number of carbonyl (C=O) groups excluding carboxylic acids is 2. The number of methoxy groups -OCH3 is 1. The highest BCUT2D eigenvalue weighted by atomic mass is 19.1. The van der Waals surface area contributed by atoms with Gasteiger partial charge >= 0.3 is 0 Å². The Morgan fingerprint density at radius 2 is 1.75 bits per heavy atom. The van der Waals surface area contributed by atoms with Crippen molar-refractivity contribution in [3.63, 3.8) is 0 Å². The van der Waals surface area contributed by atoms with Gasteiger partial charge in [-0.15, -0.1) is 0 Å². The fourth-order valence-corrected chi connectivity index (χ4v) is 2.89. The monoisotopic (exact) mass is 432 g/mol. The number of halogens is 1. The lowest BCUT2D eigenvalue weighted by Crippen LogP contribution is -2.16. The molecular formula is C23H17FN4O4. The van der Waals surface area contributed by atoms with Crippen LogP contribution in [0.4, 0.5) is 10.1 Å². The molecule has 0 aliphatic rings. The van der Waals surface area contributed by atoms with E-state index < -0.39 is 11.7 Å². The average molecular weight is 432 g/mol. The number of anilines is 1. The minimum absolute atomic E-state index is 0.0569. The quantitative estimate of drug-likeness (QED) is 0.450. The lowest BCUT2D eigenvalue weighted by molar-refractivity contribution is 0.100. The van der Waals surface area contributed by atoms with Crippen molar-refractivity contribution in [2.75, 3.05) is 12.4 Å². The van der Waals surface area contributed by atoms with E-state index in [4.69, 9.17) is 9.47 Å². The number of para-hydroxylation sites is 2. The number of rotatable bonds is 6. The normalized spacial score (nSPS) is 10.6. The molecule has 9 heteroatoms. The largest absolute Gasteiger partial charge is 0.494 e. The number of ether oxygens (including phenoxy) is 2. The topological polar surface area (TPSA) is 103 Å². The van der Waals surface area contributed by atoms with Gasteiger partial charge in [0.15, 0.2) is 23.0 Å². The van der Waals surface area contributed by atoms with Crippen LogP contribution < -0.4 is 14.8 Å². The maximum absolute atomic E-state index is 14.1. The second-order valence-electron chi connectivity index (χ2n) is 6.71. The van der Waals surface area contributed by atoms with Crippen LogP contribution in [0.3, 0.4) is 0 Å². The van der Waals surface area contributed by atoms with E-state index in [2.05, 4.69) is 20.3 Å². The summed E-state index contributed by atoms with van der Waals surface area (Å²) in [7, 11) is 1.36. The zero-order valence-electron chi connectivity index (χ0n) is 17.1. The standard InChI is InChI=1S/C23H17FN4O4/c1-13(29)17-9-7-14(12-25-17)26-22(30)21-23(28-19-6-4-3-5-18(19)27-21)32-15-8-10-20(31-2)16(24)11-15/h3-12H,1-2H3,(H,26,30). The summed E-state index contributed by atoms with van der Waals surface area (Å²) < 4.78 is 24.7. The molecule has 0 fully saturated rings. The van der Waals surface area contributed by atoms with Gasteiger partial charge in [0, 0.05) is 13.0 Å². The van der Waals surface area contributed by atoms with Crippen molar-refractivity contribution in [1.82, 2.24) is 15.0 Å². The molecule has 4 rings (SSSR count). The van der Waals surface area contributed by atoms with E-state index in [9.17, 15) is 14.0 Å². The predicted molar refractivity (Wildman–Crippen MR) is 115 cm³/mol. The van der Waals surface area contributed by atoms with Gasteiger partial charge in [-0.05, 0) is 36.4 Å². The predicted octanol–water partition coefficient (Wildman–Crippen LogP) is 4.42. The Morgan fingerprint density at radius 3 is 2.38 bits per heavy atom. The molecule has 0 atom stereocenters. The fraction of sp³-hybridized carbons (Fsp3) is 0.0870. The van der Waals surface area contributed by atoms with Crippen molar-refractivity contribution < 1.29 is 23.5 Å². The SMILES string of the molecule is COc1ccc(Oc2nc3ccccc3nc2C(=O)Nc2ccc(C(C)=O)nc2)cc1F. The molecule has 0 saturated carbocycles. The number of hydrogen-bond donors (Lipinski definition) is 1. The third-order valence-corrected chi connectivity index (χ3v) is 4.47. The van der Waals surface area contributed by atoms with Gasteiger partial charge in [-0.1, -0.05) is 12.1 Å². The molecule has 2 heterocycles. The van der Waals surface area contributed by atoms with Gasteiger partial charge in [0.1, 0.15) is 11.4 Å². The molecule has 0 bridgehead atoms. The molecule has 160 valence electrons. The molecule has 0 spiro atoms. The second kappa shape index (κ2) is 8.76. The van der Waals surface area contributed by atoms with E-state index in [0.29, 0.717) is 16.7 Å². The van der Waals surface area contributed by atoms with Crippen LogP contribution in [0.15, 0.2) is 60.8 Å². The smallest absolute Gasteiger partial charge is 0.279 e. The highest BCUT2D eigenvalue weighted by molar-refractivity contribution is 6.05. The molecule has 2 aromatic heterocycles. The number of ketones is 1. The minimum Gasteiger partial charge on any atom is -0.494 e. The number of benzene rings is 2. The van der Waals surface area contributed by atoms with Crippen LogP contribution in [0.1, 0.15) is 27.9 Å². The summed E-state index contributed by atoms with van der Waals surface area (Å²) in [6, 6.07) is 14.0. The molecule has 0 aliphatic heterocycles. The van der Waals surface area contributed by atoms with Crippen LogP contribution in [0.2, 0.25) is 0 Å². The van der Waals surface area contributed by atoms with Gasteiger partial charge in [0.25, 0.3) is 11.8 Å². The van der Waals surface area contributed by atoms with Gasteiger partial charge < -0.3 is 14.8 Å². The summed E-state index contributed by atoms with van der Waals surface area (Å²) in [4.78, 5) is 37.1. The van der Waals surface area contributed by atoms with Crippen molar-refractivity contribution in [2.24, 2.45) is 0 Å². The van der Waals surface area contributed by atoms with Crippen LogP contribution in [0, 0.1) is 5.82 Å². The maximum Gasteiger partial charge on any atom is 0.279 e. The number of amides is 1. The average Bonchev–Trinajstić information content (AvgIpc) is 2.79. The molecular weight excluding hydrogens is 415 g/mol. The first-order chi connectivity index (χ1) is 15.4.